The van der Waals surface area contributed by atoms with E-state index in [2.05, 4.69) is 13.8 Å². The molecule has 1 atom stereocenters. The van der Waals surface area contributed by atoms with Crippen LogP contribution in [-0.4, -0.2) is 43.0 Å². The van der Waals surface area contributed by atoms with Gasteiger partial charge in [0.2, 0.25) is 6.23 Å². The summed E-state index contributed by atoms with van der Waals surface area (Å²) in [6.07, 6.45) is 12.2. The number of nitrogens with zero attached hydrogens (tertiary/aromatic N) is 2. The molecule has 3 heterocycles. The van der Waals surface area contributed by atoms with E-state index in [1.54, 1.807) is 0 Å². The molecule has 4 rings (SSSR count). The van der Waals surface area contributed by atoms with Gasteiger partial charge in [0.15, 0.2) is 0 Å². The molecule has 0 unspecified atom stereocenters. The first-order valence-corrected chi connectivity index (χ1v) is 12.1. The standard InChI is InChI=1S/C25H41N2O2/c1-3-5-7-8-12-18-27-19-15-22(16-20-27)21-24(27)29-25(28)26(17-6-4-2)23-13-10-9-11-14-23/h9-11,13-14,22,24H,3-8,12,15-21H2,1-2H3/q+1/t22?,24-,27?/m1/s1. The Balaban J connectivity index is 1.65. The number of amides is 1. The zero-order chi connectivity index (χ0) is 20.5. The quantitative estimate of drug-likeness (QED) is 0.319. The van der Waals surface area contributed by atoms with Crippen molar-refractivity contribution in [1.29, 1.82) is 0 Å². The smallest absolute Gasteiger partial charge is 0.396 e. The molecule has 0 spiro atoms. The van der Waals surface area contributed by atoms with Crippen molar-refractivity contribution < 1.29 is 14.0 Å². The second-order valence-electron chi connectivity index (χ2n) is 9.16. The SMILES string of the molecule is CCCCCCC[N+]12CCC(CC1)C[C@H]2OC(=O)N(CCCC)c1ccccc1. The van der Waals surface area contributed by atoms with Crippen LogP contribution in [0.5, 0.6) is 0 Å². The highest BCUT2D eigenvalue weighted by Crippen LogP contribution is 2.39. The van der Waals surface area contributed by atoms with Crippen molar-refractivity contribution in [2.24, 2.45) is 5.92 Å². The summed E-state index contributed by atoms with van der Waals surface area (Å²) in [7, 11) is 0. The van der Waals surface area contributed by atoms with Gasteiger partial charge in [0.05, 0.1) is 19.6 Å². The van der Waals surface area contributed by atoms with Crippen molar-refractivity contribution >= 4 is 11.8 Å². The third kappa shape index (κ3) is 5.75. The van der Waals surface area contributed by atoms with Crippen LogP contribution in [0.1, 0.15) is 78.1 Å². The lowest BCUT2D eigenvalue weighted by molar-refractivity contribution is -0.984. The highest BCUT2D eigenvalue weighted by Gasteiger charge is 2.49. The van der Waals surface area contributed by atoms with Crippen LogP contribution in [0.4, 0.5) is 10.5 Å². The van der Waals surface area contributed by atoms with Crippen molar-refractivity contribution in [3.8, 4) is 0 Å². The Labute approximate surface area is 177 Å². The fourth-order valence-electron chi connectivity index (χ4n) is 5.16. The lowest BCUT2D eigenvalue weighted by atomic mass is 9.84. The normalized spacial score (nSPS) is 25.7. The first kappa shape index (κ1) is 22.1. The largest absolute Gasteiger partial charge is 0.418 e. The molecule has 3 aliphatic heterocycles. The van der Waals surface area contributed by atoms with Crippen LogP contribution in [0.15, 0.2) is 30.3 Å². The lowest BCUT2D eigenvalue weighted by Crippen LogP contribution is -2.65. The number of piperidine rings is 3. The molecular weight excluding hydrogens is 360 g/mol. The molecule has 1 aromatic rings. The number of para-hydroxylation sites is 1. The predicted octanol–water partition coefficient (Wildman–Crippen LogP) is 6.36. The van der Waals surface area contributed by atoms with E-state index in [9.17, 15) is 4.79 Å². The van der Waals surface area contributed by atoms with Crippen LogP contribution in [0.25, 0.3) is 0 Å². The Morgan fingerprint density at radius 1 is 1.00 bits per heavy atom. The summed E-state index contributed by atoms with van der Waals surface area (Å²) in [4.78, 5) is 15.1. The number of anilines is 1. The molecule has 1 aromatic carbocycles. The molecule has 0 radical (unpaired) electrons. The number of quaternary nitrogens is 1. The van der Waals surface area contributed by atoms with E-state index in [-0.39, 0.29) is 12.3 Å². The molecule has 29 heavy (non-hydrogen) atoms. The number of carbonyl (C=O) groups is 1. The average molecular weight is 402 g/mol. The summed E-state index contributed by atoms with van der Waals surface area (Å²) in [6, 6.07) is 10.0. The fourth-order valence-corrected chi connectivity index (χ4v) is 5.16. The third-order valence-corrected chi connectivity index (χ3v) is 7.08. The third-order valence-electron chi connectivity index (χ3n) is 7.08. The molecule has 0 aromatic heterocycles. The second-order valence-corrected chi connectivity index (χ2v) is 9.16. The van der Waals surface area contributed by atoms with Crippen LogP contribution in [0.3, 0.4) is 0 Å². The van der Waals surface area contributed by atoms with Gasteiger partial charge in [-0.1, -0.05) is 57.7 Å². The number of carbonyl (C=O) groups excluding carboxylic acids is 1. The Morgan fingerprint density at radius 2 is 1.69 bits per heavy atom. The van der Waals surface area contributed by atoms with Crippen LogP contribution in [0, 0.1) is 5.92 Å². The fraction of sp³-hybridized carbons (Fsp3) is 0.720. The number of rotatable bonds is 11. The monoisotopic (exact) mass is 401 g/mol. The highest BCUT2D eigenvalue weighted by molar-refractivity contribution is 5.87. The van der Waals surface area contributed by atoms with Gasteiger partial charge in [0.25, 0.3) is 0 Å². The maximum atomic E-state index is 13.2. The van der Waals surface area contributed by atoms with E-state index < -0.39 is 0 Å². The maximum absolute atomic E-state index is 13.2. The summed E-state index contributed by atoms with van der Waals surface area (Å²) in [5.74, 6) is 0.744. The molecule has 0 N–H and O–H groups in total. The van der Waals surface area contributed by atoms with Gasteiger partial charge in [-0.3, -0.25) is 9.38 Å². The van der Waals surface area contributed by atoms with Crippen LogP contribution in [-0.2, 0) is 4.74 Å². The number of hydrogen-bond acceptors (Lipinski definition) is 2. The molecular formula is C25H41N2O2+. The minimum atomic E-state index is -0.148. The van der Waals surface area contributed by atoms with Crippen molar-refractivity contribution in [3.63, 3.8) is 0 Å². The predicted molar refractivity (Wildman–Crippen MR) is 120 cm³/mol. The maximum Gasteiger partial charge on any atom is 0.418 e. The number of ether oxygens (including phenoxy) is 1. The van der Waals surface area contributed by atoms with Gasteiger partial charge in [-0.05, 0) is 37.3 Å². The van der Waals surface area contributed by atoms with Crippen molar-refractivity contribution in [3.05, 3.63) is 30.3 Å². The second kappa shape index (κ2) is 11.0. The Hall–Kier alpha value is -1.55. The zero-order valence-corrected chi connectivity index (χ0v) is 18.7. The van der Waals surface area contributed by atoms with Crippen molar-refractivity contribution in [2.45, 2.75) is 84.3 Å². The highest BCUT2D eigenvalue weighted by atomic mass is 16.6. The van der Waals surface area contributed by atoms with E-state index in [0.29, 0.717) is 0 Å². The molecule has 4 nitrogen and oxygen atoms in total. The van der Waals surface area contributed by atoms with Crippen LogP contribution in [0.2, 0.25) is 0 Å². The molecule has 0 saturated carbocycles. The average Bonchev–Trinajstić information content (AvgIpc) is 2.76. The van der Waals surface area contributed by atoms with Crippen LogP contribution >= 0.6 is 0 Å². The molecule has 3 saturated heterocycles. The van der Waals surface area contributed by atoms with Gasteiger partial charge in [0.1, 0.15) is 0 Å². The van der Waals surface area contributed by atoms with Gasteiger partial charge in [-0.15, -0.1) is 0 Å². The van der Waals surface area contributed by atoms with E-state index in [0.717, 1.165) is 41.9 Å². The molecule has 0 aliphatic carbocycles. The molecule has 162 valence electrons. The Kier molecular flexibility index (Phi) is 8.40. The molecule has 3 aliphatic rings. The van der Waals surface area contributed by atoms with Gasteiger partial charge in [0, 0.05) is 31.5 Å². The zero-order valence-electron chi connectivity index (χ0n) is 18.7. The number of fused-ring (bicyclic) bond motifs is 3. The summed E-state index contributed by atoms with van der Waals surface area (Å²) in [5, 5.41) is 0. The lowest BCUT2D eigenvalue weighted by Gasteiger charge is -2.53. The molecule has 4 heteroatoms. The number of unbranched alkanes of at least 4 members (excludes halogenated alkanes) is 5. The van der Waals surface area contributed by atoms with E-state index in [4.69, 9.17) is 4.74 Å². The van der Waals surface area contributed by atoms with Crippen LogP contribution < -0.4 is 4.90 Å². The van der Waals surface area contributed by atoms with Gasteiger partial charge >= 0.3 is 6.09 Å². The van der Waals surface area contributed by atoms with Crippen molar-refractivity contribution in [1.82, 2.24) is 0 Å². The van der Waals surface area contributed by atoms with E-state index in [1.165, 1.54) is 64.6 Å². The Bertz CT molecular complexity index is 611. The van der Waals surface area contributed by atoms with Gasteiger partial charge in [-0.25, -0.2) is 4.79 Å². The first-order chi connectivity index (χ1) is 14.2. The minimum Gasteiger partial charge on any atom is -0.396 e. The van der Waals surface area contributed by atoms with Crippen molar-refractivity contribution in [2.75, 3.05) is 31.1 Å². The summed E-state index contributed by atoms with van der Waals surface area (Å²) in [5.41, 5.74) is 0.952. The first-order valence-electron chi connectivity index (χ1n) is 12.1. The number of hydrogen-bond donors (Lipinski definition) is 0. The summed E-state index contributed by atoms with van der Waals surface area (Å²) < 4.78 is 7.30. The molecule has 3 fully saturated rings. The summed E-state index contributed by atoms with van der Waals surface area (Å²) >= 11 is 0. The Morgan fingerprint density at radius 3 is 2.38 bits per heavy atom. The molecule has 2 bridgehead atoms. The number of benzene rings is 1. The molecule has 1 amide bonds. The minimum absolute atomic E-state index is 0.0500. The van der Waals surface area contributed by atoms with Gasteiger partial charge in [-0.2, -0.15) is 0 Å². The topological polar surface area (TPSA) is 29.5 Å². The van der Waals surface area contributed by atoms with E-state index in [1.807, 2.05) is 35.2 Å². The van der Waals surface area contributed by atoms with Gasteiger partial charge < -0.3 is 4.74 Å². The summed E-state index contributed by atoms with van der Waals surface area (Å²) in [6.45, 7) is 8.72. The van der Waals surface area contributed by atoms with E-state index >= 15 is 0 Å².